The second-order valence-corrected chi connectivity index (χ2v) is 7.55. The molecule has 2 saturated heterocycles. The van der Waals surface area contributed by atoms with Crippen molar-refractivity contribution in [3.05, 3.63) is 35.5 Å². The van der Waals surface area contributed by atoms with Crippen molar-refractivity contribution < 1.29 is 28.9 Å². The Morgan fingerprint density at radius 2 is 2.19 bits per heavy atom. The summed E-state index contributed by atoms with van der Waals surface area (Å²) in [7, 11) is 0. The van der Waals surface area contributed by atoms with Crippen molar-refractivity contribution in [2.45, 2.75) is 70.6 Å². The summed E-state index contributed by atoms with van der Waals surface area (Å²) in [6.45, 7) is 11.0. The van der Waals surface area contributed by atoms with Gasteiger partial charge in [-0.1, -0.05) is 18.7 Å². The first-order valence-corrected chi connectivity index (χ1v) is 8.96. The van der Waals surface area contributed by atoms with E-state index in [0.717, 1.165) is 12.0 Å². The molecule has 6 atom stereocenters. The first kappa shape index (κ1) is 18.9. The number of carbonyl (C=O) groups excluding carboxylic acids is 2. The number of epoxide rings is 1. The van der Waals surface area contributed by atoms with Gasteiger partial charge in [0.1, 0.15) is 24.4 Å². The summed E-state index contributed by atoms with van der Waals surface area (Å²) in [5.41, 5.74) is 1.00. The van der Waals surface area contributed by atoms with Gasteiger partial charge >= 0.3 is 11.9 Å². The molecule has 2 heterocycles. The molecule has 0 aromatic carbocycles. The highest BCUT2D eigenvalue weighted by Gasteiger charge is 2.63. The number of esters is 2. The smallest absolute Gasteiger partial charge is 0.334 e. The summed E-state index contributed by atoms with van der Waals surface area (Å²) in [6, 6.07) is 0. The van der Waals surface area contributed by atoms with Gasteiger partial charge in [0.15, 0.2) is 0 Å². The Hall–Kier alpha value is -1.92. The number of carbonyl (C=O) groups is 2. The lowest BCUT2D eigenvalue weighted by Gasteiger charge is -2.31. The van der Waals surface area contributed by atoms with Gasteiger partial charge in [0, 0.05) is 11.1 Å². The molecule has 3 aliphatic rings. The van der Waals surface area contributed by atoms with Gasteiger partial charge in [-0.2, -0.15) is 0 Å². The second-order valence-electron chi connectivity index (χ2n) is 7.55. The summed E-state index contributed by atoms with van der Waals surface area (Å²) < 4.78 is 16.9. The van der Waals surface area contributed by atoms with Crippen molar-refractivity contribution in [2.75, 3.05) is 0 Å². The molecule has 0 aromatic heterocycles. The van der Waals surface area contributed by atoms with Crippen molar-refractivity contribution in [1.82, 2.24) is 0 Å². The first-order valence-electron chi connectivity index (χ1n) is 8.96. The highest BCUT2D eigenvalue weighted by Crippen LogP contribution is 2.50. The van der Waals surface area contributed by atoms with Crippen LogP contribution in [-0.4, -0.2) is 47.1 Å². The van der Waals surface area contributed by atoms with Crippen LogP contribution < -0.4 is 0 Å². The standard InChI is InChI=1S/C20H26O6/c1-6-10(2)18(22)24-15-11(3)8-7-9-20(5)17(26-20)16-13(14(15)21)12(4)19(23)25-16/h6,8,13-17,21H,4,7,9H2,1-3,5H3/b10-6-,11-8+/t13-,14+,15+,16+,17+,20-/m0/s1. The first-order chi connectivity index (χ1) is 12.2. The summed E-state index contributed by atoms with van der Waals surface area (Å²) in [5.74, 6) is -1.71. The van der Waals surface area contributed by atoms with Crippen molar-refractivity contribution in [1.29, 1.82) is 0 Å². The quantitative estimate of drug-likeness (QED) is 0.351. The third-order valence-corrected chi connectivity index (χ3v) is 5.72. The van der Waals surface area contributed by atoms with Crippen molar-refractivity contribution in [2.24, 2.45) is 5.92 Å². The van der Waals surface area contributed by atoms with Crippen LogP contribution in [0, 0.1) is 5.92 Å². The minimum Gasteiger partial charge on any atom is -0.455 e. The van der Waals surface area contributed by atoms with Gasteiger partial charge in [-0.15, -0.1) is 0 Å². The van der Waals surface area contributed by atoms with Gasteiger partial charge in [-0.05, 0) is 46.1 Å². The van der Waals surface area contributed by atoms with E-state index >= 15 is 0 Å². The third kappa shape index (κ3) is 3.12. The highest BCUT2D eigenvalue weighted by molar-refractivity contribution is 5.91. The largest absolute Gasteiger partial charge is 0.455 e. The van der Waals surface area contributed by atoms with E-state index < -0.39 is 36.2 Å². The molecule has 0 spiro atoms. The molecule has 2 fully saturated rings. The SMILES string of the molecule is C=C1C(=O)O[C@@H]2[C@@H]1[C@@H](O)[C@H](OC(=O)/C(C)=C\C)/C(C)=C/CC[C@]1(C)O[C@H]21. The van der Waals surface area contributed by atoms with Gasteiger partial charge in [-0.3, -0.25) is 0 Å². The zero-order valence-corrected chi connectivity index (χ0v) is 15.7. The van der Waals surface area contributed by atoms with Crippen LogP contribution in [-0.2, 0) is 23.8 Å². The monoisotopic (exact) mass is 362 g/mol. The maximum Gasteiger partial charge on any atom is 0.334 e. The number of ether oxygens (including phenoxy) is 3. The molecule has 6 nitrogen and oxygen atoms in total. The summed E-state index contributed by atoms with van der Waals surface area (Å²) in [4.78, 5) is 24.4. The molecule has 142 valence electrons. The van der Waals surface area contributed by atoms with Crippen LogP contribution in [0.4, 0.5) is 0 Å². The van der Waals surface area contributed by atoms with Crippen LogP contribution in [0.25, 0.3) is 0 Å². The van der Waals surface area contributed by atoms with Crippen molar-refractivity contribution >= 4 is 11.9 Å². The fraction of sp³-hybridized carbons (Fsp3) is 0.600. The Labute approximate surface area is 153 Å². The van der Waals surface area contributed by atoms with E-state index in [0.29, 0.717) is 12.0 Å². The minimum absolute atomic E-state index is 0.192. The van der Waals surface area contributed by atoms with Crippen molar-refractivity contribution in [3.8, 4) is 0 Å². The Bertz CT molecular complexity index is 705. The van der Waals surface area contributed by atoms with Crippen LogP contribution in [0.5, 0.6) is 0 Å². The highest BCUT2D eigenvalue weighted by atomic mass is 16.6. The lowest BCUT2D eigenvalue weighted by molar-refractivity contribution is -0.151. The predicted molar refractivity (Wildman–Crippen MR) is 94.1 cm³/mol. The van der Waals surface area contributed by atoms with E-state index in [-0.39, 0.29) is 17.3 Å². The Morgan fingerprint density at radius 3 is 2.85 bits per heavy atom. The average molecular weight is 362 g/mol. The number of allylic oxidation sites excluding steroid dienone is 2. The molecule has 0 aromatic rings. The minimum atomic E-state index is -1.14. The maximum absolute atomic E-state index is 12.3. The van der Waals surface area contributed by atoms with Crippen LogP contribution in [0.15, 0.2) is 35.5 Å². The van der Waals surface area contributed by atoms with Gasteiger partial charge in [0.05, 0.1) is 11.5 Å². The number of aliphatic hydroxyl groups excluding tert-OH is 1. The summed E-state index contributed by atoms with van der Waals surface area (Å²) in [6.07, 6.45) is 2.16. The van der Waals surface area contributed by atoms with Crippen LogP contribution in [0.2, 0.25) is 0 Å². The fourth-order valence-corrected chi connectivity index (χ4v) is 3.78. The Kier molecular flexibility index (Phi) is 4.84. The van der Waals surface area contributed by atoms with Gasteiger partial charge < -0.3 is 19.3 Å². The topological polar surface area (TPSA) is 85.4 Å². The second kappa shape index (κ2) is 6.67. The van der Waals surface area contributed by atoms with E-state index in [9.17, 15) is 14.7 Å². The van der Waals surface area contributed by atoms with E-state index in [2.05, 4.69) is 6.58 Å². The molecular formula is C20H26O6. The molecule has 2 aliphatic heterocycles. The fourth-order valence-electron chi connectivity index (χ4n) is 3.78. The number of aliphatic hydroxyl groups is 1. The van der Waals surface area contributed by atoms with Gasteiger partial charge in [0.25, 0.3) is 0 Å². The lowest BCUT2D eigenvalue weighted by atomic mass is 9.81. The van der Waals surface area contributed by atoms with Gasteiger partial charge in [-0.25, -0.2) is 9.59 Å². The van der Waals surface area contributed by atoms with Crippen LogP contribution in [0.1, 0.15) is 40.5 Å². The molecule has 26 heavy (non-hydrogen) atoms. The zero-order chi connectivity index (χ0) is 19.2. The predicted octanol–water partition coefficient (Wildman–Crippen LogP) is 2.22. The zero-order valence-electron chi connectivity index (χ0n) is 15.7. The maximum atomic E-state index is 12.3. The van der Waals surface area contributed by atoms with E-state index in [4.69, 9.17) is 14.2 Å². The molecule has 1 aliphatic carbocycles. The summed E-state index contributed by atoms with van der Waals surface area (Å²) in [5, 5.41) is 11.1. The Balaban J connectivity index is 1.96. The molecular weight excluding hydrogens is 336 g/mol. The number of rotatable bonds is 2. The van der Waals surface area contributed by atoms with Crippen LogP contribution in [0.3, 0.4) is 0 Å². The molecule has 0 bridgehead atoms. The molecule has 6 heteroatoms. The third-order valence-electron chi connectivity index (χ3n) is 5.72. The normalized spacial score (nSPS) is 42.1. The molecule has 0 radical (unpaired) electrons. The molecule has 3 rings (SSSR count). The summed E-state index contributed by atoms with van der Waals surface area (Å²) >= 11 is 0. The number of fused-ring (bicyclic) bond motifs is 3. The van der Waals surface area contributed by atoms with E-state index in [1.807, 2.05) is 19.9 Å². The molecule has 0 unspecified atom stereocenters. The average Bonchev–Trinajstić information content (AvgIpc) is 3.18. The molecule has 0 saturated carbocycles. The Morgan fingerprint density at radius 1 is 1.50 bits per heavy atom. The number of hydrogen-bond acceptors (Lipinski definition) is 6. The van der Waals surface area contributed by atoms with Crippen molar-refractivity contribution in [3.63, 3.8) is 0 Å². The van der Waals surface area contributed by atoms with Gasteiger partial charge in [0.2, 0.25) is 0 Å². The van der Waals surface area contributed by atoms with E-state index in [1.54, 1.807) is 19.9 Å². The molecule has 1 N–H and O–H groups in total. The lowest BCUT2D eigenvalue weighted by Crippen LogP contribution is -2.44. The van der Waals surface area contributed by atoms with E-state index in [1.165, 1.54) is 0 Å². The van der Waals surface area contributed by atoms with Crippen LogP contribution >= 0.6 is 0 Å². The molecule has 0 amide bonds. The number of hydrogen-bond donors (Lipinski definition) is 1.